The molecule has 0 saturated heterocycles. The molecular weight excluding hydrogens is 344 g/mol. The standard InChI is InChI=1S/C21H20N2O4/c1-25-18-10-5-9-16-14-23(11-6-12-26-20(16)18)21(24)19-13-17(22-27-19)15-7-3-2-4-8-15/h2-5,7-10,13H,6,11-12,14H2,1H3. The highest BCUT2D eigenvalue weighted by Gasteiger charge is 2.24. The quantitative estimate of drug-likeness (QED) is 0.708. The number of carbonyl (C=O) groups is 1. The molecule has 27 heavy (non-hydrogen) atoms. The average molecular weight is 364 g/mol. The first kappa shape index (κ1) is 17.1. The molecule has 0 N–H and O–H groups in total. The Balaban J connectivity index is 1.59. The minimum absolute atomic E-state index is 0.180. The number of para-hydroxylation sites is 1. The van der Waals surface area contributed by atoms with Crippen molar-refractivity contribution in [3.05, 3.63) is 65.9 Å². The average Bonchev–Trinajstić information content (AvgIpc) is 3.18. The van der Waals surface area contributed by atoms with Crippen LogP contribution in [-0.2, 0) is 6.54 Å². The highest BCUT2D eigenvalue weighted by molar-refractivity contribution is 5.92. The molecule has 4 rings (SSSR count). The molecule has 1 aliphatic rings. The van der Waals surface area contributed by atoms with Gasteiger partial charge < -0.3 is 18.9 Å². The van der Waals surface area contributed by atoms with E-state index in [0.717, 1.165) is 17.5 Å². The van der Waals surface area contributed by atoms with Crippen LogP contribution in [0.5, 0.6) is 11.5 Å². The Hall–Kier alpha value is -3.28. The van der Waals surface area contributed by atoms with Gasteiger partial charge in [0.05, 0.1) is 13.7 Å². The monoisotopic (exact) mass is 364 g/mol. The lowest BCUT2D eigenvalue weighted by Gasteiger charge is -2.26. The van der Waals surface area contributed by atoms with Crippen LogP contribution < -0.4 is 9.47 Å². The number of aromatic nitrogens is 1. The molecule has 2 aromatic carbocycles. The number of ether oxygens (including phenoxy) is 2. The molecule has 1 aliphatic heterocycles. The number of benzene rings is 2. The highest BCUT2D eigenvalue weighted by atomic mass is 16.5. The molecule has 138 valence electrons. The molecule has 0 aliphatic carbocycles. The summed E-state index contributed by atoms with van der Waals surface area (Å²) in [6, 6.07) is 17.0. The van der Waals surface area contributed by atoms with Crippen LogP contribution >= 0.6 is 0 Å². The lowest BCUT2D eigenvalue weighted by Crippen LogP contribution is -2.33. The summed E-state index contributed by atoms with van der Waals surface area (Å²) in [5.74, 6) is 1.42. The van der Waals surface area contributed by atoms with Crippen molar-refractivity contribution < 1.29 is 18.8 Å². The van der Waals surface area contributed by atoms with Crippen molar-refractivity contribution in [1.82, 2.24) is 10.1 Å². The fourth-order valence-corrected chi connectivity index (χ4v) is 3.17. The summed E-state index contributed by atoms with van der Waals surface area (Å²) >= 11 is 0. The molecule has 3 aromatic rings. The molecule has 2 heterocycles. The number of nitrogens with zero attached hydrogens (tertiary/aromatic N) is 2. The van der Waals surface area contributed by atoms with Crippen molar-refractivity contribution in [1.29, 1.82) is 0 Å². The second-order valence-corrected chi connectivity index (χ2v) is 6.32. The third kappa shape index (κ3) is 3.51. The Morgan fingerprint density at radius 2 is 2.00 bits per heavy atom. The molecule has 0 radical (unpaired) electrons. The molecule has 6 nitrogen and oxygen atoms in total. The molecule has 0 bridgehead atoms. The third-order valence-corrected chi connectivity index (χ3v) is 4.54. The topological polar surface area (TPSA) is 64.8 Å². The summed E-state index contributed by atoms with van der Waals surface area (Å²) in [5.41, 5.74) is 2.47. The Morgan fingerprint density at radius 1 is 1.15 bits per heavy atom. The summed E-state index contributed by atoms with van der Waals surface area (Å²) in [5, 5.41) is 4.05. The maximum atomic E-state index is 13.0. The van der Waals surface area contributed by atoms with Crippen LogP contribution in [0, 0.1) is 0 Å². The maximum Gasteiger partial charge on any atom is 0.292 e. The van der Waals surface area contributed by atoms with E-state index in [1.807, 2.05) is 48.5 Å². The van der Waals surface area contributed by atoms with Crippen molar-refractivity contribution in [2.45, 2.75) is 13.0 Å². The van der Waals surface area contributed by atoms with E-state index in [1.165, 1.54) is 0 Å². The zero-order valence-corrected chi connectivity index (χ0v) is 15.1. The molecule has 0 unspecified atom stereocenters. The predicted molar refractivity (Wildman–Crippen MR) is 99.8 cm³/mol. The molecule has 0 spiro atoms. The predicted octanol–water partition coefficient (Wildman–Crippen LogP) is 3.78. The fraction of sp³-hybridized carbons (Fsp3) is 0.238. The lowest BCUT2D eigenvalue weighted by molar-refractivity contribution is 0.0679. The molecule has 1 aromatic heterocycles. The van der Waals surface area contributed by atoms with E-state index < -0.39 is 0 Å². The van der Waals surface area contributed by atoms with Crippen LogP contribution in [0.25, 0.3) is 11.3 Å². The van der Waals surface area contributed by atoms with Gasteiger partial charge in [-0.3, -0.25) is 4.79 Å². The molecule has 0 fully saturated rings. The van der Waals surface area contributed by atoms with Gasteiger partial charge in [-0.1, -0.05) is 47.6 Å². The van der Waals surface area contributed by atoms with E-state index in [-0.39, 0.29) is 11.7 Å². The number of amides is 1. The minimum Gasteiger partial charge on any atom is -0.493 e. The van der Waals surface area contributed by atoms with Gasteiger partial charge in [-0.2, -0.15) is 0 Å². The lowest BCUT2D eigenvalue weighted by atomic mass is 10.1. The van der Waals surface area contributed by atoms with Gasteiger partial charge in [0.25, 0.3) is 5.91 Å². The van der Waals surface area contributed by atoms with Gasteiger partial charge in [0, 0.05) is 30.3 Å². The van der Waals surface area contributed by atoms with E-state index in [9.17, 15) is 4.79 Å². The Labute approximate surface area is 157 Å². The SMILES string of the molecule is COc1cccc2c1OCCCN(C(=O)c1cc(-c3ccccc3)no1)C2. The van der Waals surface area contributed by atoms with E-state index in [1.54, 1.807) is 18.1 Å². The van der Waals surface area contributed by atoms with Crippen molar-refractivity contribution >= 4 is 5.91 Å². The second-order valence-electron chi connectivity index (χ2n) is 6.32. The van der Waals surface area contributed by atoms with Crippen molar-refractivity contribution in [3.63, 3.8) is 0 Å². The number of hydrogen-bond donors (Lipinski definition) is 0. The zero-order chi connectivity index (χ0) is 18.6. The van der Waals surface area contributed by atoms with Gasteiger partial charge in [0.15, 0.2) is 11.5 Å². The van der Waals surface area contributed by atoms with Gasteiger partial charge >= 0.3 is 0 Å². The summed E-state index contributed by atoms with van der Waals surface area (Å²) in [6.45, 7) is 1.52. The first-order chi connectivity index (χ1) is 13.3. The van der Waals surface area contributed by atoms with Gasteiger partial charge in [0.1, 0.15) is 5.69 Å². The van der Waals surface area contributed by atoms with Crippen LogP contribution in [0.4, 0.5) is 0 Å². The third-order valence-electron chi connectivity index (χ3n) is 4.54. The summed E-state index contributed by atoms with van der Waals surface area (Å²) in [7, 11) is 1.61. The molecule has 1 amide bonds. The van der Waals surface area contributed by atoms with Crippen LogP contribution in [0.2, 0.25) is 0 Å². The summed E-state index contributed by atoms with van der Waals surface area (Å²) in [4.78, 5) is 14.8. The summed E-state index contributed by atoms with van der Waals surface area (Å²) in [6.07, 6.45) is 0.725. The molecular formula is C21H20N2O4. The molecule has 0 saturated carbocycles. The van der Waals surface area contributed by atoms with Crippen LogP contribution in [0.1, 0.15) is 22.5 Å². The van der Waals surface area contributed by atoms with E-state index >= 15 is 0 Å². The Kier molecular flexibility index (Phi) is 4.78. The van der Waals surface area contributed by atoms with Crippen LogP contribution in [0.3, 0.4) is 0 Å². The number of hydrogen-bond acceptors (Lipinski definition) is 5. The van der Waals surface area contributed by atoms with Crippen molar-refractivity contribution in [2.75, 3.05) is 20.3 Å². The van der Waals surface area contributed by atoms with E-state index in [0.29, 0.717) is 36.9 Å². The highest BCUT2D eigenvalue weighted by Crippen LogP contribution is 2.33. The first-order valence-corrected chi connectivity index (χ1v) is 8.86. The van der Waals surface area contributed by atoms with Gasteiger partial charge in [-0.25, -0.2) is 0 Å². The largest absolute Gasteiger partial charge is 0.493 e. The van der Waals surface area contributed by atoms with Gasteiger partial charge in [0.2, 0.25) is 5.76 Å². The summed E-state index contributed by atoms with van der Waals surface area (Å²) < 4.78 is 16.6. The zero-order valence-electron chi connectivity index (χ0n) is 15.1. The van der Waals surface area contributed by atoms with Crippen LogP contribution in [0.15, 0.2) is 59.1 Å². The normalized spacial score (nSPS) is 13.9. The first-order valence-electron chi connectivity index (χ1n) is 8.86. The van der Waals surface area contributed by atoms with E-state index in [2.05, 4.69) is 5.16 Å². The Bertz CT molecular complexity index is 936. The van der Waals surface area contributed by atoms with Gasteiger partial charge in [-0.05, 0) is 12.5 Å². The smallest absolute Gasteiger partial charge is 0.292 e. The van der Waals surface area contributed by atoms with Crippen LogP contribution in [-0.4, -0.2) is 36.2 Å². The van der Waals surface area contributed by atoms with Crippen molar-refractivity contribution in [2.24, 2.45) is 0 Å². The molecule has 0 atom stereocenters. The second kappa shape index (κ2) is 7.53. The number of carbonyl (C=O) groups excluding carboxylic acids is 1. The van der Waals surface area contributed by atoms with E-state index in [4.69, 9.17) is 14.0 Å². The molecule has 6 heteroatoms. The number of rotatable bonds is 3. The number of fused-ring (bicyclic) bond motifs is 1. The fourth-order valence-electron chi connectivity index (χ4n) is 3.17. The van der Waals surface area contributed by atoms with Crippen molar-refractivity contribution in [3.8, 4) is 22.8 Å². The Morgan fingerprint density at radius 3 is 2.81 bits per heavy atom. The number of methoxy groups -OCH3 is 1. The van der Waals surface area contributed by atoms with Gasteiger partial charge in [-0.15, -0.1) is 0 Å². The maximum absolute atomic E-state index is 13.0. The minimum atomic E-state index is -0.180.